The number of morpholine rings is 1. The summed E-state index contributed by atoms with van der Waals surface area (Å²) < 4.78 is 5.38. The van der Waals surface area contributed by atoms with Crippen LogP contribution in [0, 0.1) is 0 Å². The number of hydrogen-bond donors (Lipinski definition) is 1. The molecule has 2 N–H and O–H groups in total. The van der Waals surface area contributed by atoms with Crippen LogP contribution in [0.1, 0.15) is 18.1 Å². The molecular formula is C15H20N2O2. The summed E-state index contributed by atoms with van der Waals surface area (Å²) in [5.41, 5.74) is 8.67. The fourth-order valence-corrected chi connectivity index (χ4v) is 2.28. The second kappa shape index (κ2) is 6.38. The number of hydrogen-bond acceptors (Lipinski definition) is 3. The molecule has 19 heavy (non-hydrogen) atoms. The third-order valence-corrected chi connectivity index (χ3v) is 3.28. The zero-order valence-corrected chi connectivity index (χ0v) is 11.3. The molecule has 1 aromatic rings. The first-order valence-electron chi connectivity index (χ1n) is 6.64. The first kappa shape index (κ1) is 13.6. The summed E-state index contributed by atoms with van der Waals surface area (Å²) in [6, 6.07) is 6.25. The third kappa shape index (κ3) is 3.58. The van der Waals surface area contributed by atoms with Crippen molar-refractivity contribution in [3.8, 4) is 0 Å². The Morgan fingerprint density at radius 2 is 2.16 bits per heavy atom. The summed E-state index contributed by atoms with van der Waals surface area (Å²) in [7, 11) is 0. The first-order valence-corrected chi connectivity index (χ1v) is 6.64. The lowest BCUT2D eigenvalue weighted by Gasteiger charge is -2.30. The molecule has 1 fully saturated rings. The summed E-state index contributed by atoms with van der Waals surface area (Å²) in [4.78, 5) is 13.1. The van der Waals surface area contributed by atoms with Crippen molar-refractivity contribution >= 4 is 17.7 Å². The van der Waals surface area contributed by atoms with Crippen LogP contribution in [-0.2, 0) is 16.0 Å². The summed E-state index contributed by atoms with van der Waals surface area (Å²) in [6.45, 7) is 5.58. The van der Waals surface area contributed by atoms with Crippen molar-refractivity contribution in [2.24, 2.45) is 5.73 Å². The van der Waals surface area contributed by atoms with E-state index in [0.29, 0.717) is 0 Å². The molecule has 4 nitrogen and oxygen atoms in total. The van der Waals surface area contributed by atoms with Gasteiger partial charge in [0.15, 0.2) is 0 Å². The highest BCUT2D eigenvalue weighted by Crippen LogP contribution is 2.24. The number of amides is 1. The smallest absolute Gasteiger partial charge is 0.241 e. The van der Waals surface area contributed by atoms with Crippen LogP contribution in [0.2, 0.25) is 0 Å². The molecule has 1 heterocycles. The molecule has 0 bridgehead atoms. The van der Waals surface area contributed by atoms with Gasteiger partial charge < -0.3 is 15.4 Å². The monoisotopic (exact) mass is 260 g/mol. The number of anilines is 1. The van der Waals surface area contributed by atoms with Gasteiger partial charge in [-0.1, -0.05) is 13.0 Å². The molecular weight excluding hydrogens is 240 g/mol. The predicted octanol–water partition coefficient (Wildman–Crippen LogP) is 1.58. The summed E-state index contributed by atoms with van der Waals surface area (Å²) in [6.07, 6.45) is 4.11. The topological polar surface area (TPSA) is 55.6 Å². The maximum atomic E-state index is 10.8. The van der Waals surface area contributed by atoms with Crippen LogP contribution in [0.25, 0.3) is 6.08 Å². The van der Waals surface area contributed by atoms with Gasteiger partial charge in [-0.3, -0.25) is 4.79 Å². The second-order valence-electron chi connectivity index (χ2n) is 4.58. The molecule has 0 saturated carbocycles. The van der Waals surface area contributed by atoms with Gasteiger partial charge in [-0.2, -0.15) is 0 Å². The number of carbonyl (C=O) groups excluding carboxylic acids is 1. The van der Waals surface area contributed by atoms with Crippen LogP contribution < -0.4 is 10.6 Å². The number of primary amides is 1. The lowest BCUT2D eigenvalue weighted by molar-refractivity contribution is -0.113. The van der Waals surface area contributed by atoms with Crippen molar-refractivity contribution in [2.45, 2.75) is 13.3 Å². The number of carbonyl (C=O) groups is 1. The predicted molar refractivity (Wildman–Crippen MR) is 77.1 cm³/mol. The molecule has 1 aliphatic rings. The highest BCUT2D eigenvalue weighted by atomic mass is 16.5. The summed E-state index contributed by atoms with van der Waals surface area (Å²) in [5, 5.41) is 0. The molecule has 0 unspecified atom stereocenters. The average Bonchev–Trinajstić information content (AvgIpc) is 2.45. The minimum absolute atomic E-state index is 0.421. The quantitative estimate of drug-likeness (QED) is 0.836. The molecule has 1 amide bonds. The van der Waals surface area contributed by atoms with Gasteiger partial charge in [-0.05, 0) is 35.8 Å². The lowest BCUT2D eigenvalue weighted by atomic mass is 10.0. The second-order valence-corrected chi connectivity index (χ2v) is 4.58. The number of aryl methyl sites for hydroxylation is 1. The first-order chi connectivity index (χ1) is 9.20. The van der Waals surface area contributed by atoms with E-state index in [0.717, 1.165) is 38.3 Å². The van der Waals surface area contributed by atoms with E-state index in [-0.39, 0.29) is 0 Å². The van der Waals surface area contributed by atoms with E-state index in [1.807, 2.05) is 6.07 Å². The van der Waals surface area contributed by atoms with Crippen LogP contribution in [0.4, 0.5) is 5.69 Å². The van der Waals surface area contributed by atoms with Crippen molar-refractivity contribution in [2.75, 3.05) is 31.2 Å². The van der Waals surface area contributed by atoms with Crippen LogP contribution in [0.5, 0.6) is 0 Å². The third-order valence-electron chi connectivity index (χ3n) is 3.28. The van der Waals surface area contributed by atoms with Crippen LogP contribution in [0.15, 0.2) is 24.3 Å². The van der Waals surface area contributed by atoms with Gasteiger partial charge in [0.25, 0.3) is 0 Å². The van der Waals surface area contributed by atoms with E-state index in [4.69, 9.17) is 10.5 Å². The minimum atomic E-state index is -0.421. The molecule has 4 heteroatoms. The van der Waals surface area contributed by atoms with Crippen molar-refractivity contribution in [3.05, 3.63) is 35.4 Å². The maximum absolute atomic E-state index is 10.8. The molecule has 0 aliphatic carbocycles. The van der Waals surface area contributed by atoms with Crippen molar-refractivity contribution in [3.63, 3.8) is 0 Å². The number of nitrogens with two attached hydrogens (primary N) is 1. The van der Waals surface area contributed by atoms with E-state index in [1.165, 1.54) is 17.3 Å². The number of nitrogens with zero attached hydrogens (tertiary/aromatic N) is 1. The van der Waals surface area contributed by atoms with Crippen LogP contribution in [-0.4, -0.2) is 32.2 Å². The van der Waals surface area contributed by atoms with Crippen molar-refractivity contribution < 1.29 is 9.53 Å². The van der Waals surface area contributed by atoms with Gasteiger partial charge >= 0.3 is 0 Å². The van der Waals surface area contributed by atoms with Crippen molar-refractivity contribution in [1.29, 1.82) is 0 Å². The lowest BCUT2D eigenvalue weighted by Crippen LogP contribution is -2.36. The Labute approximate surface area is 113 Å². The van der Waals surface area contributed by atoms with Crippen LogP contribution >= 0.6 is 0 Å². The molecule has 0 spiro atoms. The SMILES string of the molecule is CCc1cc(/C=C\C(N)=O)ccc1N1CCOCC1. The fourth-order valence-electron chi connectivity index (χ4n) is 2.28. The van der Waals surface area contributed by atoms with Gasteiger partial charge in [0.05, 0.1) is 13.2 Å². The van der Waals surface area contributed by atoms with E-state index in [2.05, 4.69) is 24.0 Å². The molecule has 1 aliphatic heterocycles. The molecule has 0 aromatic heterocycles. The highest BCUT2D eigenvalue weighted by molar-refractivity contribution is 5.90. The molecule has 1 saturated heterocycles. The van der Waals surface area contributed by atoms with Crippen LogP contribution in [0.3, 0.4) is 0 Å². The average molecular weight is 260 g/mol. The van der Waals surface area contributed by atoms with E-state index in [1.54, 1.807) is 6.08 Å². The largest absolute Gasteiger partial charge is 0.378 e. The molecule has 102 valence electrons. The molecule has 1 aromatic carbocycles. The maximum Gasteiger partial charge on any atom is 0.241 e. The molecule has 0 atom stereocenters. The zero-order valence-electron chi connectivity index (χ0n) is 11.3. The normalized spacial score (nSPS) is 15.9. The Balaban J connectivity index is 2.22. The summed E-state index contributed by atoms with van der Waals surface area (Å²) in [5.74, 6) is -0.421. The fraction of sp³-hybridized carbons (Fsp3) is 0.400. The van der Waals surface area contributed by atoms with E-state index >= 15 is 0 Å². The minimum Gasteiger partial charge on any atom is -0.378 e. The van der Waals surface area contributed by atoms with Gasteiger partial charge in [-0.25, -0.2) is 0 Å². The standard InChI is InChI=1S/C15H20N2O2/c1-2-13-11-12(4-6-15(16)18)3-5-14(13)17-7-9-19-10-8-17/h3-6,11H,2,7-10H2,1H3,(H2,16,18)/b6-4-. The van der Waals surface area contributed by atoms with Crippen molar-refractivity contribution in [1.82, 2.24) is 0 Å². The molecule has 2 rings (SSSR count). The highest BCUT2D eigenvalue weighted by Gasteiger charge is 2.13. The Kier molecular flexibility index (Phi) is 4.58. The van der Waals surface area contributed by atoms with Gasteiger partial charge in [0.1, 0.15) is 0 Å². The Morgan fingerprint density at radius 3 is 2.79 bits per heavy atom. The van der Waals surface area contributed by atoms with Gasteiger partial charge in [-0.15, -0.1) is 0 Å². The summed E-state index contributed by atoms with van der Waals surface area (Å²) >= 11 is 0. The Morgan fingerprint density at radius 1 is 1.42 bits per heavy atom. The van der Waals surface area contributed by atoms with Gasteiger partial charge in [0.2, 0.25) is 5.91 Å². The number of ether oxygens (including phenoxy) is 1. The van der Waals surface area contributed by atoms with Gasteiger partial charge in [0, 0.05) is 24.9 Å². The Bertz CT molecular complexity index is 477. The Hall–Kier alpha value is -1.81. The number of rotatable bonds is 4. The zero-order chi connectivity index (χ0) is 13.7. The number of benzene rings is 1. The van der Waals surface area contributed by atoms with E-state index < -0.39 is 5.91 Å². The molecule has 0 radical (unpaired) electrons. The van der Waals surface area contributed by atoms with E-state index in [9.17, 15) is 4.79 Å².